The average molecular weight is 490 g/mol. The van der Waals surface area contributed by atoms with Crippen molar-refractivity contribution in [3.63, 3.8) is 0 Å². The van der Waals surface area contributed by atoms with Crippen LogP contribution in [0.2, 0.25) is 0 Å². The minimum atomic E-state index is -3.48. The number of carbonyl (C=O) groups is 2. The van der Waals surface area contributed by atoms with E-state index >= 15 is 0 Å². The Balaban J connectivity index is 1.34. The van der Waals surface area contributed by atoms with Gasteiger partial charge in [0.25, 0.3) is 10.0 Å². The van der Waals surface area contributed by atoms with Gasteiger partial charge in [0.2, 0.25) is 11.8 Å². The molecule has 2 aliphatic rings. The van der Waals surface area contributed by atoms with Crippen molar-refractivity contribution in [3.8, 4) is 0 Å². The summed E-state index contributed by atoms with van der Waals surface area (Å²) < 4.78 is 27.7. The standard InChI is InChI=1S/C24H31N3O4S2/c1-16-8-10-26(11-9-16)33(30,31)23-7-6-21(32-23)14-25-24(29)19-13-22(28)27(15-19)20-5-4-17(2)18(3)12-20/h4-7,12,16,19H,8-11,13-15H2,1-3H3,(H,25,29)/t19-/m1/s1. The number of carbonyl (C=O) groups excluding carboxylic acids is 2. The third-order valence-electron chi connectivity index (χ3n) is 6.71. The normalized spacial score (nSPS) is 20.4. The zero-order chi connectivity index (χ0) is 23.8. The van der Waals surface area contributed by atoms with E-state index in [9.17, 15) is 18.0 Å². The molecule has 0 radical (unpaired) electrons. The van der Waals surface area contributed by atoms with Crippen molar-refractivity contribution in [3.05, 3.63) is 46.3 Å². The van der Waals surface area contributed by atoms with E-state index in [1.165, 1.54) is 11.3 Å². The first kappa shape index (κ1) is 23.9. The second-order valence-electron chi connectivity index (χ2n) is 9.20. The van der Waals surface area contributed by atoms with Gasteiger partial charge in [-0.15, -0.1) is 11.3 Å². The van der Waals surface area contributed by atoms with Crippen molar-refractivity contribution < 1.29 is 18.0 Å². The first-order chi connectivity index (χ1) is 15.6. The Kier molecular flexibility index (Phi) is 6.93. The van der Waals surface area contributed by atoms with Crippen molar-refractivity contribution in [2.24, 2.45) is 11.8 Å². The van der Waals surface area contributed by atoms with Crippen LogP contribution in [0, 0.1) is 25.7 Å². The summed E-state index contributed by atoms with van der Waals surface area (Å²) in [5.74, 6) is -0.104. The molecule has 0 unspecified atom stereocenters. The maximum absolute atomic E-state index is 12.9. The summed E-state index contributed by atoms with van der Waals surface area (Å²) >= 11 is 1.20. The number of nitrogens with zero attached hydrogens (tertiary/aromatic N) is 2. The fraction of sp³-hybridized carbons (Fsp3) is 0.500. The number of hydrogen-bond acceptors (Lipinski definition) is 5. The lowest BCUT2D eigenvalue weighted by Gasteiger charge is -2.28. The van der Waals surface area contributed by atoms with Crippen LogP contribution in [0.3, 0.4) is 0 Å². The summed E-state index contributed by atoms with van der Waals surface area (Å²) in [6, 6.07) is 9.26. The molecule has 3 heterocycles. The first-order valence-electron chi connectivity index (χ1n) is 11.4. The zero-order valence-electron chi connectivity index (χ0n) is 19.3. The molecule has 1 aromatic carbocycles. The van der Waals surface area contributed by atoms with Crippen LogP contribution in [0.1, 0.15) is 42.2 Å². The highest BCUT2D eigenvalue weighted by Gasteiger charge is 2.35. The molecule has 9 heteroatoms. The number of amides is 2. The predicted molar refractivity (Wildman–Crippen MR) is 130 cm³/mol. The largest absolute Gasteiger partial charge is 0.351 e. The average Bonchev–Trinajstić information content (AvgIpc) is 3.42. The Labute approximate surface area is 199 Å². The van der Waals surface area contributed by atoms with Gasteiger partial charge in [-0.2, -0.15) is 4.31 Å². The second kappa shape index (κ2) is 9.56. The minimum absolute atomic E-state index is 0.0567. The van der Waals surface area contributed by atoms with E-state index in [-0.39, 0.29) is 24.8 Å². The monoisotopic (exact) mass is 489 g/mol. The molecule has 2 fully saturated rings. The number of sulfonamides is 1. The molecule has 0 bridgehead atoms. The van der Waals surface area contributed by atoms with Crippen LogP contribution in [0.15, 0.2) is 34.5 Å². The van der Waals surface area contributed by atoms with Crippen molar-refractivity contribution in [1.82, 2.24) is 9.62 Å². The fourth-order valence-electron chi connectivity index (χ4n) is 4.29. The highest BCUT2D eigenvalue weighted by molar-refractivity contribution is 7.91. The highest BCUT2D eigenvalue weighted by Crippen LogP contribution is 2.29. The number of nitrogens with one attached hydrogen (secondary N) is 1. The SMILES string of the molecule is Cc1ccc(N2C[C@H](C(=O)NCc3ccc(S(=O)(=O)N4CCC(C)CC4)s3)CC2=O)cc1C. The Morgan fingerprint density at radius 1 is 1.12 bits per heavy atom. The van der Waals surface area contributed by atoms with Gasteiger partial charge in [-0.1, -0.05) is 13.0 Å². The van der Waals surface area contributed by atoms with E-state index in [2.05, 4.69) is 12.2 Å². The molecule has 1 aromatic heterocycles. The van der Waals surface area contributed by atoms with Crippen molar-refractivity contribution >= 4 is 38.9 Å². The van der Waals surface area contributed by atoms with Crippen LogP contribution in [-0.4, -0.2) is 44.2 Å². The van der Waals surface area contributed by atoms with Crippen molar-refractivity contribution in [1.29, 1.82) is 0 Å². The number of aryl methyl sites for hydroxylation is 2. The number of rotatable bonds is 6. The predicted octanol–water partition coefficient (Wildman–Crippen LogP) is 3.45. The lowest BCUT2D eigenvalue weighted by atomic mass is 10.0. The summed E-state index contributed by atoms with van der Waals surface area (Å²) in [4.78, 5) is 27.7. The lowest BCUT2D eigenvalue weighted by Crippen LogP contribution is -2.37. The highest BCUT2D eigenvalue weighted by atomic mass is 32.2. The third kappa shape index (κ3) is 5.15. The maximum atomic E-state index is 12.9. The Bertz CT molecular complexity index is 1150. The van der Waals surface area contributed by atoms with Gasteiger partial charge in [0.05, 0.1) is 12.5 Å². The Morgan fingerprint density at radius 2 is 1.85 bits per heavy atom. The quantitative estimate of drug-likeness (QED) is 0.673. The molecule has 1 atom stereocenters. The van der Waals surface area contributed by atoms with E-state index in [0.29, 0.717) is 29.8 Å². The zero-order valence-corrected chi connectivity index (χ0v) is 21.0. The summed E-state index contributed by atoms with van der Waals surface area (Å²) in [6.07, 6.45) is 1.94. The number of anilines is 1. The van der Waals surface area contributed by atoms with Gasteiger partial charge in [-0.3, -0.25) is 9.59 Å². The van der Waals surface area contributed by atoms with Crippen molar-refractivity contribution in [2.45, 2.75) is 50.8 Å². The number of hydrogen-bond donors (Lipinski definition) is 1. The molecular weight excluding hydrogens is 458 g/mol. The molecule has 7 nitrogen and oxygen atoms in total. The minimum Gasteiger partial charge on any atom is -0.351 e. The molecule has 178 valence electrons. The van der Waals surface area contributed by atoms with Crippen LogP contribution in [-0.2, 0) is 26.2 Å². The molecule has 33 heavy (non-hydrogen) atoms. The molecule has 1 N–H and O–H groups in total. The Hall–Kier alpha value is -2.23. The summed E-state index contributed by atoms with van der Waals surface area (Å²) in [7, 11) is -3.48. The molecule has 2 saturated heterocycles. The molecule has 2 aliphatic heterocycles. The molecule has 4 rings (SSSR count). The van der Waals surface area contributed by atoms with Gasteiger partial charge in [0.1, 0.15) is 4.21 Å². The van der Waals surface area contributed by atoms with Gasteiger partial charge >= 0.3 is 0 Å². The molecule has 2 amide bonds. The van der Waals surface area contributed by atoms with Crippen LogP contribution < -0.4 is 10.2 Å². The van der Waals surface area contributed by atoms with Crippen LogP contribution in [0.5, 0.6) is 0 Å². The molecule has 0 spiro atoms. The first-order valence-corrected chi connectivity index (χ1v) is 13.6. The Morgan fingerprint density at radius 3 is 2.55 bits per heavy atom. The van der Waals surface area contributed by atoms with Gasteiger partial charge in [-0.25, -0.2) is 8.42 Å². The van der Waals surface area contributed by atoms with Gasteiger partial charge in [0, 0.05) is 36.6 Å². The van der Waals surface area contributed by atoms with Gasteiger partial charge in [-0.05, 0) is 68.0 Å². The fourth-order valence-corrected chi connectivity index (χ4v) is 7.21. The van der Waals surface area contributed by atoms with Crippen LogP contribution in [0.4, 0.5) is 5.69 Å². The van der Waals surface area contributed by atoms with Gasteiger partial charge in [0.15, 0.2) is 0 Å². The van der Waals surface area contributed by atoms with Crippen molar-refractivity contribution in [2.75, 3.05) is 24.5 Å². The smallest absolute Gasteiger partial charge is 0.252 e. The summed E-state index contributed by atoms with van der Waals surface area (Å²) in [6.45, 7) is 7.89. The maximum Gasteiger partial charge on any atom is 0.252 e. The molecule has 0 aliphatic carbocycles. The topological polar surface area (TPSA) is 86.8 Å². The van der Waals surface area contributed by atoms with E-state index < -0.39 is 15.9 Å². The number of piperidine rings is 1. The van der Waals surface area contributed by atoms with E-state index in [1.54, 1.807) is 21.3 Å². The number of benzene rings is 1. The molecule has 0 saturated carbocycles. The second-order valence-corrected chi connectivity index (χ2v) is 12.5. The summed E-state index contributed by atoms with van der Waals surface area (Å²) in [5, 5.41) is 2.89. The van der Waals surface area contributed by atoms with Crippen LogP contribution >= 0.6 is 11.3 Å². The third-order valence-corrected chi connectivity index (χ3v) is 10.2. The number of thiophene rings is 1. The van der Waals surface area contributed by atoms with E-state index in [4.69, 9.17) is 0 Å². The summed E-state index contributed by atoms with van der Waals surface area (Å²) in [5.41, 5.74) is 3.08. The molecular formula is C24H31N3O4S2. The molecule has 2 aromatic rings. The van der Waals surface area contributed by atoms with E-state index in [0.717, 1.165) is 34.5 Å². The van der Waals surface area contributed by atoms with E-state index in [1.807, 2.05) is 32.0 Å². The van der Waals surface area contributed by atoms with Crippen LogP contribution in [0.25, 0.3) is 0 Å². The van der Waals surface area contributed by atoms with Gasteiger partial charge < -0.3 is 10.2 Å². The lowest BCUT2D eigenvalue weighted by molar-refractivity contribution is -0.126.